The molecule has 0 spiro atoms. The first-order chi connectivity index (χ1) is 10.6. The summed E-state index contributed by atoms with van der Waals surface area (Å²) < 4.78 is 5.35. The third kappa shape index (κ3) is 3.00. The van der Waals surface area contributed by atoms with E-state index in [1.165, 1.54) is 0 Å². The van der Waals surface area contributed by atoms with Crippen LogP contribution in [0.2, 0.25) is 0 Å². The zero-order chi connectivity index (χ0) is 15.5. The molecule has 0 aliphatic carbocycles. The van der Waals surface area contributed by atoms with Gasteiger partial charge in [0.25, 0.3) is 5.24 Å². The van der Waals surface area contributed by atoms with Crippen molar-refractivity contribution < 1.29 is 14.3 Å². The molecule has 0 aromatic heterocycles. The molecule has 0 N–H and O–H groups in total. The van der Waals surface area contributed by atoms with Crippen LogP contribution in [0.15, 0.2) is 66.7 Å². The van der Waals surface area contributed by atoms with Crippen molar-refractivity contribution in [3.63, 3.8) is 0 Å². The maximum Gasteiger partial charge on any atom is 0.343 e. The Morgan fingerprint density at radius 1 is 0.773 bits per heavy atom. The normalized spacial score (nSPS) is 10.4. The van der Waals surface area contributed by atoms with E-state index in [0.717, 1.165) is 10.8 Å². The van der Waals surface area contributed by atoms with Gasteiger partial charge in [-0.15, -0.1) is 0 Å². The summed E-state index contributed by atoms with van der Waals surface area (Å²) >= 11 is 5.46. The highest BCUT2D eigenvalue weighted by atomic mass is 35.5. The first-order valence-corrected chi connectivity index (χ1v) is 7.02. The van der Waals surface area contributed by atoms with E-state index in [1.54, 1.807) is 60.7 Å². The van der Waals surface area contributed by atoms with E-state index in [4.69, 9.17) is 16.3 Å². The first-order valence-electron chi connectivity index (χ1n) is 6.64. The lowest BCUT2D eigenvalue weighted by Gasteiger charge is -2.06. The Balaban J connectivity index is 1.88. The van der Waals surface area contributed by atoms with Gasteiger partial charge in [-0.3, -0.25) is 4.79 Å². The number of hydrogen-bond donors (Lipinski definition) is 0. The maximum atomic E-state index is 12.0. The number of halogens is 1. The van der Waals surface area contributed by atoms with Crippen LogP contribution in [0, 0.1) is 0 Å². The molecule has 0 unspecified atom stereocenters. The van der Waals surface area contributed by atoms with Gasteiger partial charge in [-0.25, -0.2) is 4.79 Å². The Morgan fingerprint density at radius 2 is 1.45 bits per heavy atom. The molecule has 3 aromatic carbocycles. The monoisotopic (exact) mass is 310 g/mol. The number of carbonyl (C=O) groups is 2. The molecule has 0 aliphatic rings. The zero-order valence-corrected chi connectivity index (χ0v) is 12.2. The van der Waals surface area contributed by atoms with Crippen LogP contribution in [-0.4, -0.2) is 11.2 Å². The highest BCUT2D eigenvalue weighted by molar-refractivity contribution is 6.67. The van der Waals surface area contributed by atoms with Crippen molar-refractivity contribution in [1.82, 2.24) is 0 Å². The van der Waals surface area contributed by atoms with E-state index in [2.05, 4.69) is 0 Å². The Hall–Kier alpha value is -2.65. The Kier molecular flexibility index (Phi) is 3.90. The van der Waals surface area contributed by atoms with Gasteiger partial charge < -0.3 is 4.74 Å². The lowest BCUT2D eigenvalue weighted by molar-refractivity contribution is 0.0735. The number of hydrogen-bond acceptors (Lipinski definition) is 3. The molecule has 0 bridgehead atoms. The van der Waals surface area contributed by atoms with E-state index >= 15 is 0 Å². The number of benzene rings is 3. The van der Waals surface area contributed by atoms with Gasteiger partial charge in [0, 0.05) is 5.56 Å². The largest absolute Gasteiger partial charge is 0.423 e. The second kappa shape index (κ2) is 6.00. The summed E-state index contributed by atoms with van der Waals surface area (Å²) in [7, 11) is 0. The highest BCUT2D eigenvalue weighted by Crippen LogP contribution is 2.23. The summed E-state index contributed by atoms with van der Waals surface area (Å²) in [6.07, 6.45) is 0. The quantitative estimate of drug-likeness (QED) is 0.408. The predicted octanol–water partition coefficient (Wildman–Crippen LogP) is 4.44. The van der Waals surface area contributed by atoms with Gasteiger partial charge in [0.2, 0.25) is 0 Å². The fourth-order valence-electron chi connectivity index (χ4n) is 2.15. The van der Waals surface area contributed by atoms with E-state index < -0.39 is 11.2 Å². The molecule has 0 aliphatic heterocycles. The molecule has 0 amide bonds. The maximum absolute atomic E-state index is 12.0. The van der Waals surface area contributed by atoms with Gasteiger partial charge in [0.15, 0.2) is 0 Å². The second-order valence-corrected chi connectivity index (χ2v) is 5.10. The van der Waals surface area contributed by atoms with Crippen LogP contribution in [-0.2, 0) is 0 Å². The van der Waals surface area contributed by atoms with Crippen LogP contribution in [0.25, 0.3) is 10.8 Å². The smallest absolute Gasteiger partial charge is 0.343 e. The molecule has 0 saturated heterocycles. The minimum Gasteiger partial charge on any atom is -0.423 e. The minimum absolute atomic E-state index is 0.410. The van der Waals surface area contributed by atoms with Gasteiger partial charge in [-0.1, -0.05) is 30.3 Å². The van der Waals surface area contributed by atoms with Gasteiger partial charge in [0.05, 0.1) is 5.56 Å². The fourth-order valence-corrected chi connectivity index (χ4v) is 2.27. The summed E-state index contributed by atoms with van der Waals surface area (Å²) in [5.41, 5.74) is 0.925. The van der Waals surface area contributed by atoms with Crippen LogP contribution in [0.3, 0.4) is 0 Å². The molecule has 3 nitrogen and oxygen atoms in total. The number of esters is 1. The minimum atomic E-state index is -0.499. The summed E-state index contributed by atoms with van der Waals surface area (Å²) in [5.74, 6) is 0.0406. The van der Waals surface area contributed by atoms with Crippen LogP contribution >= 0.6 is 11.6 Å². The van der Waals surface area contributed by atoms with Gasteiger partial charge in [0.1, 0.15) is 5.75 Å². The third-order valence-corrected chi connectivity index (χ3v) is 3.48. The summed E-state index contributed by atoms with van der Waals surface area (Å²) in [6, 6.07) is 19.1. The fraction of sp³-hybridized carbons (Fsp3) is 0. The van der Waals surface area contributed by atoms with E-state index in [0.29, 0.717) is 16.9 Å². The van der Waals surface area contributed by atoms with Crippen LogP contribution in [0.5, 0.6) is 5.75 Å². The molecular formula is C18H11ClO3. The standard InChI is InChI=1S/C18H11ClO3/c19-17(20)15-7-6-14-11-16(9-8-13(14)10-15)22-18(21)12-4-2-1-3-5-12/h1-11H. The van der Waals surface area contributed by atoms with Crippen molar-refractivity contribution in [2.45, 2.75) is 0 Å². The molecule has 108 valence electrons. The zero-order valence-electron chi connectivity index (χ0n) is 11.5. The average Bonchev–Trinajstić information content (AvgIpc) is 2.55. The molecule has 0 heterocycles. The number of fused-ring (bicyclic) bond motifs is 1. The van der Waals surface area contributed by atoms with Crippen molar-refractivity contribution in [1.29, 1.82) is 0 Å². The summed E-state index contributed by atoms with van der Waals surface area (Å²) in [4.78, 5) is 23.2. The summed E-state index contributed by atoms with van der Waals surface area (Å²) in [6.45, 7) is 0. The molecule has 4 heteroatoms. The van der Waals surface area contributed by atoms with Crippen molar-refractivity contribution in [2.24, 2.45) is 0 Å². The van der Waals surface area contributed by atoms with Crippen LogP contribution in [0.1, 0.15) is 20.7 Å². The highest BCUT2D eigenvalue weighted by Gasteiger charge is 2.09. The molecule has 0 fully saturated rings. The van der Waals surface area contributed by atoms with Gasteiger partial charge in [-0.2, -0.15) is 0 Å². The number of rotatable bonds is 3. The van der Waals surface area contributed by atoms with Crippen molar-refractivity contribution in [3.05, 3.63) is 77.9 Å². The topological polar surface area (TPSA) is 43.4 Å². The summed E-state index contributed by atoms with van der Waals surface area (Å²) in [5, 5.41) is 1.22. The predicted molar refractivity (Wildman–Crippen MR) is 85.5 cm³/mol. The van der Waals surface area contributed by atoms with Crippen LogP contribution in [0.4, 0.5) is 0 Å². The first kappa shape index (κ1) is 14.3. The van der Waals surface area contributed by atoms with Crippen LogP contribution < -0.4 is 4.74 Å². The lowest BCUT2D eigenvalue weighted by atomic mass is 10.1. The molecule has 0 saturated carbocycles. The van der Waals surface area contributed by atoms with E-state index in [1.807, 2.05) is 6.07 Å². The van der Waals surface area contributed by atoms with Crippen molar-refractivity contribution in [2.75, 3.05) is 0 Å². The Morgan fingerprint density at radius 3 is 2.18 bits per heavy atom. The lowest BCUT2D eigenvalue weighted by Crippen LogP contribution is -2.07. The van der Waals surface area contributed by atoms with E-state index in [-0.39, 0.29) is 0 Å². The molecule has 3 rings (SSSR count). The molecule has 0 atom stereocenters. The molecule has 3 aromatic rings. The van der Waals surface area contributed by atoms with Gasteiger partial charge in [-0.05, 0) is 58.8 Å². The van der Waals surface area contributed by atoms with Gasteiger partial charge >= 0.3 is 5.97 Å². The molecule has 0 radical (unpaired) electrons. The Bertz CT molecular complexity index is 857. The van der Waals surface area contributed by atoms with E-state index in [9.17, 15) is 9.59 Å². The third-order valence-electron chi connectivity index (χ3n) is 3.26. The van der Waals surface area contributed by atoms with Crippen molar-refractivity contribution in [3.8, 4) is 5.75 Å². The molecule has 22 heavy (non-hydrogen) atoms. The SMILES string of the molecule is O=C(Cl)c1ccc2cc(OC(=O)c3ccccc3)ccc2c1. The number of ether oxygens (including phenoxy) is 1. The Labute approximate surface area is 132 Å². The molecular weight excluding hydrogens is 300 g/mol. The van der Waals surface area contributed by atoms with Crippen molar-refractivity contribution >= 4 is 33.6 Å². The second-order valence-electron chi connectivity index (χ2n) is 4.75. The number of carbonyl (C=O) groups excluding carboxylic acids is 2. The average molecular weight is 311 g/mol.